The second-order valence-electron chi connectivity index (χ2n) is 4.02. The van der Waals surface area contributed by atoms with Gasteiger partial charge in [0.15, 0.2) is 0 Å². The monoisotopic (exact) mass is 216 g/mol. The molecule has 0 aromatic rings. The third-order valence-corrected chi connectivity index (χ3v) is 2.54. The van der Waals surface area contributed by atoms with Gasteiger partial charge in [-0.3, -0.25) is 0 Å². The summed E-state index contributed by atoms with van der Waals surface area (Å²) >= 11 is 0. The first-order valence-electron chi connectivity index (χ1n) is 6.22. The lowest BCUT2D eigenvalue weighted by Crippen LogP contribution is -2.24. The van der Waals surface area contributed by atoms with Gasteiger partial charge in [0.05, 0.1) is 6.61 Å². The number of nitrogens with one attached hydrogen (secondary N) is 1. The van der Waals surface area contributed by atoms with Crippen LogP contribution in [0.5, 0.6) is 0 Å². The third kappa shape index (κ3) is 11.8. The van der Waals surface area contributed by atoms with Crippen LogP contribution in [0, 0.1) is 0 Å². The molecule has 0 aromatic carbocycles. The summed E-state index contributed by atoms with van der Waals surface area (Å²) in [5.74, 6) is 0. The Morgan fingerprint density at radius 2 is 1.80 bits per heavy atom. The third-order valence-electron chi connectivity index (χ3n) is 2.54. The quantitative estimate of drug-likeness (QED) is 0.532. The molecular weight excluding hydrogens is 188 g/mol. The van der Waals surface area contributed by atoms with Crippen molar-refractivity contribution in [3.63, 3.8) is 0 Å². The molecule has 0 heterocycles. The zero-order valence-electron chi connectivity index (χ0n) is 10.7. The zero-order valence-corrected chi connectivity index (χ0v) is 10.7. The zero-order chi connectivity index (χ0) is 11.4. The van der Waals surface area contributed by atoms with Crippen LogP contribution in [-0.2, 0) is 4.74 Å². The Kier molecular flexibility index (Phi) is 11.9. The molecular formula is C12H28N2O. The molecule has 0 saturated heterocycles. The molecule has 0 rings (SSSR count). The summed E-state index contributed by atoms with van der Waals surface area (Å²) in [6.07, 6.45) is 5.31. The largest absolute Gasteiger partial charge is 0.380 e. The molecule has 0 amide bonds. The first-order valence-corrected chi connectivity index (χ1v) is 6.22. The number of likely N-dealkylation sites (N-methyl/N-ethyl adjacent to an activating group) is 1. The number of rotatable bonds is 11. The van der Waals surface area contributed by atoms with Crippen LogP contribution in [0.25, 0.3) is 0 Å². The predicted molar refractivity (Wildman–Crippen MR) is 66.4 cm³/mol. The van der Waals surface area contributed by atoms with E-state index in [1.165, 1.54) is 32.2 Å². The summed E-state index contributed by atoms with van der Waals surface area (Å²) < 4.78 is 5.31. The van der Waals surface area contributed by atoms with Crippen LogP contribution >= 0.6 is 0 Å². The van der Waals surface area contributed by atoms with E-state index in [4.69, 9.17) is 4.74 Å². The predicted octanol–water partition coefficient (Wildman–Crippen LogP) is 1.73. The van der Waals surface area contributed by atoms with E-state index in [-0.39, 0.29) is 0 Å². The van der Waals surface area contributed by atoms with E-state index in [1.54, 1.807) is 0 Å². The van der Waals surface area contributed by atoms with Crippen LogP contribution in [0.1, 0.15) is 32.6 Å². The van der Waals surface area contributed by atoms with E-state index in [0.717, 1.165) is 26.3 Å². The van der Waals surface area contributed by atoms with Crippen molar-refractivity contribution >= 4 is 0 Å². The van der Waals surface area contributed by atoms with Crippen molar-refractivity contribution in [1.29, 1.82) is 0 Å². The summed E-state index contributed by atoms with van der Waals surface area (Å²) in [6.45, 7) is 7.16. The van der Waals surface area contributed by atoms with Crippen molar-refractivity contribution in [3.05, 3.63) is 0 Å². The normalized spacial score (nSPS) is 11.2. The lowest BCUT2D eigenvalue weighted by molar-refractivity contribution is 0.121. The van der Waals surface area contributed by atoms with E-state index in [0.29, 0.717) is 0 Å². The SMILES string of the molecule is CCOCCN(C)CCCCCCNC. The van der Waals surface area contributed by atoms with Crippen LogP contribution in [0.4, 0.5) is 0 Å². The van der Waals surface area contributed by atoms with E-state index < -0.39 is 0 Å². The Morgan fingerprint density at radius 3 is 2.47 bits per heavy atom. The first kappa shape index (κ1) is 14.9. The van der Waals surface area contributed by atoms with E-state index in [9.17, 15) is 0 Å². The molecule has 0 fully saturated rings. The van der Waals surface area contributed by atoms with Gasteiger partial charge < -0.3 is 15.0 Å². The fourth-order valence-electron chi connectivity index (χ4n) is 1.51. The van der Waals surface area contributed by atoms with Gasteiger partial charge in [0.2, 0.25) is 0 Å². The Hall–Kier alpha value is -0.120. The van der Waals surface area contributed by atoms with Gasteiger partial charge in [0.1, 0.15) is 0 Å². The highest BCUT2D eigenvalue weighted by Gasteiger charge is 1.97. The molecule has 92 valence electrons. The van der Waals surface area contributed by atoms with Crippen molar-refractivity contribution in [1.82, 2.24) is 10.2 Å². The molecule has 15 heavy (non-hydrogen) atoms. The minimum atomic E-state index is 0.831. The van der Waals surface area contributed by atoms with Crippen LogP contribution in [0.3, 0.4) is 0 Å². The molecule has 0 radical (unpaired) electrons. The number of unbranched alkanes of at least 4 members (excludes halogenated alkanes) is 3. The topological polar surface area (TPSA) is 24.5 Å². The Bertz CT molecular complexity index is 120. The molecule has 3 nitrogen and oxygen atoms in total. The Labute approximate surface area is 95.2 Å². The summed E-state index contributed by atoms with van der Waals surface area (Å²) in [7, 11) is 4.19. The van der Waals surface area contributed by atoms with Gasteiger partial charge in [-0.2, -0.15) is 0 Å². The second kappa shape index (κ2) is 12.0. The molecule has 0 spiro atoms. The fraction of sp³-hybridized carbons (Fsp3) is 1.00. The summed E-state index contributed by atoms with van der Waals surface area (Å²) in [6, 6.07) is 0. The molecule has 1 N–H and O–H groups in total. The van der Waals surface area contributed by atoms with Gasteiger partial charge in [-0.25, -0.2) is 0 Å². The van der Waals surface area contributed by atoms with E-state index >= 15 is 0 Å². The average Bonchev–Trinajstić information content (AvgIpc) is 2.23. The summed E-state index contributed by atoms with van der Waals surface area (Å²) in [4.78, 5) is 2.35. The highest BCUT2D eigenvalue weighted by Crippen LogP contribution is 2.00. The van der Waals surface area contributed by atoms with Gasteiger partial charge in [-0.1, -0.05) is 12.8 Å². The van der Waals surface area contributed by atoms with Gasteiger partial charge in [-0.15, -0.1) is 0 Å². The van der Waals surface area contributed by atoms with Gasteiger partial charge >= 0.3 is 0 Å². The average molecular weight is 216 g/mol. The molecule has 0 aliphatic rings. The highest BCUT2D eigenvalue weighted by molar-refractivity contribution is 4.52. The van der Waals surface area contributed by atoms with E-state index in [1.807, 2.05) is 14.0 Å². The molecule has 0 aromatic heterocycles. The Morgan fingerprint density at radius 1 is 1.07 bits per heavy atom. The molecule has 0 unspecified atom stereocenters. The lowest BCUT2D eigenvalue weighted by Gasteiger charge is -2.15. The van der Waals surface area contributed by atoms with Crippen molar-refractivity contribution in [2.45, 2.75) is 32.6 Å². The van der Waals surface area contributed by atoms with Crippen molar-refractivity contribution < 1.29 is 4.74 Å². The second-order valence-corrected chi connectivity index (χ2v) is 4.02. The lowest BCUT2D eigenvalue weighted by atomic mass is 10.2. The molecule has 0 saturated carbocycles. The number of hydrogen-bond donors (Lipinski definition) is 1. The van der Waals surface area contributed by atoms with Gasteiger partial charge in [0, 0.05) is 13.2 Å². The molecule has 3 heteroatoms. The highest BCUT2D eigenvalue weighted by atomic mass is 16.5. The smallest absolute Gasteiger partial charge is 0.0593 e. The number of ether oxygens (including phenoxy) is 1. The van der Waals surface area contributed by atoms with Crippen molar-refractivity contribution in [2.75, 3.05) is 46.9 Å². The molecule has 0 atom stereocenters. The van der Waals surface area contributed by atoms with Crippen LogP contribution in [0.2, 0.25) is 0 Å². The van der Waals surface area contributed by atoms with Crippen molar-refractivity contribution in [2.24, 2.45) is 0 Å². The molecule has 0 aliphatic heterocycles. The van der Waals surface area contributed by atoms with Crippen LogP contribution in [0.15, 0.2) is 0 Å². The van der Waals surface area contributed by atoms with Gasteiger partial charge in [-0.05, 0) is 47.0 Å². The van der Waals surface area contributed by atoms with Crippen molar-refractivity contribution in [3.8, 4) is 0 Å². The standard InChI is InChI=1S/C12H28N2O/c1-4-15-12-11-14(3)10-8-6-5-7-9-13-2/h13H,4-12H2,1-3H3. The summed E-state index contributed by atoms with van der Waals surface area (Å²) in [5.41, 5.74) is 0. The minimum absolute atomic E-state index is 0.831. The molecule has 0 bridgehead atoms. The number of hydrogen-bond acceptors (Lipinski definition) is 3. The van der Waals surface area contributed by atoms with Crippen LogP contribution < -0.4 is 5.32 Å². The Balaban J connectivity index is 3.06. The van der Waals surface area contributed by atoms with E-state index in [2.05, 4.69) is 17.3 Å². The maximum Gasteiger partial charge on any atom is 0.0593 e. The maximum absolute atomic E-state index is 5.31. The van der Waals surface area contributed by atoms with Crippen LogP contribution in [-0.4, -0.2) is 51.8 Å². The first-order chi connectivity index (χ1) is 7.31. The number of nitrogens with zero attached hydrogens (tertiary/aromatic N) is 1. The fourth-order valence-corrected chi connectivity index (χ4v) is 1.51. The minimum Gasteiger partial charge on any atom is -0.380 e. The van der Waals surface area contributed by atoms with Gasteiger partial charge in [0.25, 0.3) is 0 Å². The molecule has 0 aliphatic carbocycles. The summed E-state index contributed by atoms with van der Waals surface area (Å²) in [5, 5.41) is 3.17. The maximum atomic E-state index is 5.31.